The van der Waals surface area contributed by atoms with Gasteiger partial charge in [0.25, 0.3) is 0 Å². The van der Waals surface area contributed by atoms with Crippen molar-refractivity contribution in [3.63, 3.8) is 0 Å². The van der Waals surface area contributed by atoms with E-state index in [4.69, 9.17) is 10.5 Å². The van der Waals surface area contributed by atoms with Crippen LogP contribution in [-0.2, 0) is 10.2 Å². The highest BCUT2D eigenvalue weighted by Crippen LogP contribution is 2.26. The second-order valence-corrected chi connectivity index (χ2v) is 4.49. The molecule has 0 fully saturated rings. The molecule has 0 amide bonds. The summed E-state index contributed by atoms with van der Waals surface area (Å²) in [7, 11) is 0. The summed E-state index contributed by atoms with van der Waals surface area (Å²) in [5.74, 6) is -0.224. The van der Waals surface area contributed by atoms with Crippen LogP contribution in [0.25, 0.3) is 0 Å². The first-order chi connectivity index (χ1) is 7.48. The van der Waals surface area contributed by atoms with Crippen LogP contribution in [0.15, 0.2) is 24.3 Å². The van der Waals surface area contributed by atoms with E-state index in [9.17, 15) is 4.39 Å². The van der Waals surface area contributed by atoms with Crippen molar-refractivity contribution in [1.82, 2.24) is 0 Å². The summed E-state index contributed by atoms with van der Waals surface area (Å²) in [4.78, 5) is 0. The van der Waals surface area contributed by atoms with Crippen LogP contribution in [-0.4, -0.2) is 19.3 Å². The van der Waals surface area contributed by atoms with E-state index in [2.05, 4.69) is 0 Å². The normalized spacial score (nSPS) is 13.8. The molecule has 0 saturated carbocycles. The van der Waals surface area contributed by atoms with Gasteiger partial charge in [-0.2, -0.15) is 0 Å². The molecule has 2 nitrogen and oxygen atoms in total. The number of hydrogen-bond donors (Lipinski definition) is 1. The van der Waals surface area contributed by atoms with Crippen LogP contribution in [0.5, 0.6) is 0 Å². The number of hydrogen-bond acceptors (Lipinski definition) is 2. The van der Waals surface area contributed by atoms with E-state index in [-0.39, 0.29) is 17.3 Å². The highest BCUT2D eigenvalue weighted by molar-refractivity contribution is 5.26. The summed E-state index contributed by atoms with van der Waals surface area (Å²) in [5, 5.41) is 0. The fourth-order valence-electron chi connectivity index (χ4n) is 1.55. The van der Waals surface area contributed by atoms with Crippen molar-refractivity contribution in [2.45, 2.75) is 32.2 Å². The van der Waals surface area contributed by atoms with E-state index in [1.165, 1.54) is 12.1 Å². The van der Waals surface area contributed by atoms with E-state index in [0.717, 1.165) is 5.56 Å². The Morgan fingerprint density at radius 2 is 1.88 bits per heavy atom. The van der Waals surface area contributed by atoms with Gasteiger partial charge in [0.05, 0.1) is 6.61 Å². The van der Waals surface area contributed by atoms with Crippen LogP contribution in [0.4, 0.5) is 4.39 Å². The third kappa shape index (κ3) is 3.03. The fourth-order valence-corrected chi connectivity index (χ4v) is 1.55. The van der Waals surface area contributed by atoms with Crippen molar-refractivity contribution in [3.8, 4) is 0 Å². The zero-order valence-corrected chi connectivity index (χ0v) is 10.2. The Labute approximate surface area is 96.6 Å². The highest BCUT2D eigenvalue weighted by atomic mass is 19.1. The molecule has 1 atom stereocenters. The topological polar surface area (TPSA) is 35.2 Å². The Morgan fingerprint density at radius 3 is 2.38 bits per heavy atom. The Morgan fingerprint density at radius 1 is 1.31 bits per heavy atom. The molecule has 3 heteroatoms. The summed E-state index contributed by atoms with van der Waals surface area (Å²) in [6.45, 7) is 7.21. The first-order valence-electron chi connectivity index (χ1n) is 5.58. The minimum atomic E-state index is -0.224. The first-order valence-corrected chi connectivity index (χ1v) is 5.58. The van der Waals surface area contributed by atoms with Gasteiger partial charge >= 0.3 is 0 Å². The molecule has 0 bridgehead atoms. The Balaban J connectivity index is 2.79. The lowest BCUT2D eigenvalue weighted by Crippen LogP contribution is -2.44. The summed E-state index contributed by atoms with van der Waals surface area (Å²) >= 11 is 0. The van der Waals surface area contributed by atoms with Crippen LogP contribution in [0, 0.1) is 5.82 Å². The predicted octanol–water partition coefficient (Wildman–Crippen LogP) is 2.47. The van der Waals surface area contributed by atoms with Crippen LogP contribution in [0.2, 0.25) is 0 Å². The molecule has 2 N–H and O–H groups in total. The maximum absolute atomic E-state index is 12.8. The van der Waals surface area contributed by atoms with E-state index in [1.807, 2.05) is 20.8 Å². The maximum Gasteiger partial charge on any atom is 0.123 e. The molecule has 0 radical (unpaired) electrons. The lowest BCUT2D eigenvalue weighted by Gasteiger charge is -2.32. The SMILES string of the molecule is CCOCC(N)C(C)(C)c1ccc(F)cc1. The van der Waals surface area contributed by atoms with Crippen molar-refractivity contribution < 1.29 is 9.13 Å². The standard InChI is InChI=1S/C13H20FNO/c1-4-16-9-12(15)13(2,3)10-5-7-11(14)8-6-10/h5-8,12H,4,9,15H2,1-3H3. The quantitative estimate of drug-likeness (QED) is 0.835. The smallest absolute Gasteiger partial charge is 0.123 e. The molecule has 1 aromatic carbocycles. The minimum Gasteiger partial charge on any atom is -0.380 e. The van der Waals surface area contributed by atoms with Gasteiger partial charge in [0.2, 0.25) is 0 Å². The molecule has 0 saturated heterocycles. The third-order valence-electron chi connectivity index (χ3n) is 3.02. The highest BCUT2D eigenvalue weighted by Gasteiger charge is 2.28. The Bertz CT molecular complexity index is 321. The predicted molar refractivity (Wildman–Crippen MR) is 63.9 cm³/mol. The molecule has 0 heterocycles. The average Bonchev–Trinajstić information content (AvgIpc) is 2.26. The van der Waals surface area contributed by atoms with Gasteiger partial charge in [-0.05, 0) is 24.6 Å². The minimum absolute atomic E-state index is 0.0992. The summed E-state index contributed by atoms with van der Waals surface area (Å²) < 4.78 is 18.2. The van der Waals surface area contributed by atoms with Gasteiger partial charge in [-0.3, -0.25) is 0 Å². The molecule has 1 rings (SSSR count). The van der Waals surface area contributed by atoms with Crippen molar-refractivity contribution >= 4 is 0 Å². The average molecular weight is 225 g/mol. The van der Waals surface area contributed by atoms with Gasteiger partial charge in [-0.1, -0.05) is 26.0 Å². The molecule has 0 spiro atoms. The number of halogens is 1. The van der Waals surface area contributed by atoms with Crippen LogP contribution < -0.4 is 5.73 Å². The molecule has 90 valence electrons. The largest absolute Gasteiger partial charge is 0.380 e. The summed E-state index contributed by atoms with van der Waals surface area (Å²) in [5.41, 5.74) is 6.90. The number of nitrogens with two attached hydrogens (primary N) is 1. The molecular formula is C13H20FNO. The summed E-state index contributed by atoms with van der Waals surface area (Å²) in [6.07, 6.45) is 0. The first kappa shape index (κ1) is 13.1. The molecule has 0 aliphatic carbocycles. The Kier molecular flexibility index (Phi) is 4.44. The number of benzene rings is 1. The van der Waals surface area contributed by atoms with Gasteiger partial charge in [0.15, 0.2) is 0 Å². The second-order valence-electron chi connectivity index (χ2n) is 4.49. The number of rotatable bonds is 5. The number of ether oxygens (including phenoxy) is 1. The van der Waals surface area contributed by atoms with Crippen molar-refractivity contribution in [3.05, 3.63) is 35.6 Å². The van der Waals surface area contributed by atoms with E-state index in [0.29, 0.717) is 13.2 Å². The molecular weight excluding hydrogens is 205 g/mol. The van der Waals surface area contributed by atoms with E-state index < -0.39 is 0 Å². The van der Waals surface area contributed by atoms with Crippen LogP contribution in [0.3, 0.4) is 0 Å². The lowest BCUT2D eigenvalue weighted by atomic mass is 9.78. The monoisotopic (exact) mass is 225 g/mol. The van der Waals surface area contributed by atoms with Gasteiger partial charge in [-0.15, -0.1) is 0 Å². The maximum atomic E-state index is 12.8. The van der Waals surface area contributed by atoms with Gasteiger partial charge < -0.3 is 10.5 Å². The molecule has 1 unspecified atom stereocenters. The second kappa shape index (κ2) is 5.41. The summed E-state index contributed by atoms with van der Waals surface area (Å²) in [6, 6.07) is 6.38. The van der Waals surface area contributed by atoms with Gasteiger partial charge in [-0.25, -0.2) is 4.39 Å². The molecule has 0 aliphatic heterocycles. The molecule has 0 aliphatic rings. The lowest BCUT2D eigenvalue weighted by molar-refractivity contribution is 0.113. The Hall–Kier alpha value is -0.930. The zero-order chi connectivity index (χ0) is 12.2. The third-order valence-corrected chi connectivity index (χ3v) is 3.02. The van der Waals surface area contributed by atoms with Gasteiger partial charge in [0.1, 0.15) is 5.82 Å². The fraction of sp³-hybridized carbons (Fsp3) is 0.538. The zero-order valence-electron chi connectivity index (χ0n) is 10.2. The molecule has 0 aromatic heterocycles. The van der Waals surface area contributed by atoms with Crippen LogP contribution >= 0.6 is 0 Å². The van der Waals surface area contributed by atoms with Crippen LogP contribution in [0.1, 0.15) is 26.3 Å². The van der Waals surface area contributed by atoms with Crippen molar-refractivity contribution in [2.24, 2.45) is 5.73 Å². The van der Waals surface area contributed by atoms with Crippen molar-refractivity contribution in [1.29, 1.82) is 0 Å². The van der Waals surface area contributed by atoms with Gasteiger partial charge in [0, 0.05) is 18.1 Å². The van der Waals surface area contributed by atoms with E-state index in [1.54, 1.807) is 12.1 Å². The van der Waals surface area contributed by atoms with E-state index >= 15 is 0 Å². The molecule has 1 aromatic rings. The molecule has 16 heavy (non-hydrogen) atoms. The van der Waals surface area contributed by atoms with Crippen molar-refractivity contribution in [2.75, 3.05) is 13.2 Å².